The minimum absolute atomic E-state index is 0.0272. The van der Waals surface area contributed by atoms with Crippen LogP contribution in [0.15, 0.2) is 63.7 Å². The Morgan fingerprint density at radius 2 is 1.90 bits per heavy atom. The van der Waals surface area contributed by atoms with Crippen LogP contribution in [-0.2, 0) is 20.7 Å². The zero-order valence-corrected chi connectivity index (χ0v) is 25.4. The topological polar surface area (TPSA) is 110 Å². The Bertz CT molecular complexity index is 1460. The molecule has 3 N–H and O–H groups in total. The third-order valence-electron chi connectivity index (χ3n) is 7.59. The summed E-state index contributed by atoms with van der Waals surface area (Å²) in [5.74, 6) is -0.141. The number of hydrogen-bond donors (Lipinski definition) is 3. The highest BCUT2D eigenvalue weighted by atomic mass is 16.5. The first-order chi connectivity index (χ1) is 20.4. The van der Waals surface area contributed by atoms with Crippen LogP contribution in [0.2, 0.25) is 0 Å². The van der Waals surface area contributed by atoms with Crippen molar-refractivity contribution < 1.29 is 14.3 Å². The zero-order chi connectivity index (χ0) is 29.9. The smallest absolute Gasteiger partial charge is 0.259 e. The molecular weight excluding hydrogens is 530 g/mol. The molecule has 42 heavy (non-hydrogen) atoms. The number of carbonyl (C=O) groups excluding carboxylic acids is 1. The molecule has 0 saturated heterocycles. The maximum atomic E-state index is 13.6. The van der Waals surface area contributed by atoms with Crippen molar-refractivity contribution in [1.29, 1.82) is 0 Å². The monoisotopic (exact) mass is 575 g/mol. The number of allylic oxidation sites excluding steroid dienone is 5. The molecule has 2 aliphatic carbocycles. The Kier molecular flexibility index (Phi) is 11.7. The molecule has 1 atom stereocenters. The number of aromatic nitrogens is 3. The molecule has 1 amide bonds. The van der Waals surface area contributed by atoms with E-state index in [1.165, 1.54) is 5.57 Å². The molecule has 0 radical (unpaired) electrons. The molecule has 4 rings (SSSR count). The minimum atomic E-state index is -0.165. The first-order valence-corrected chi connectivity index (χ1v) is 15.1. The van der Waals surface area contributed by atoms with Crippen LogP contribution in [0.1, 0.15) is 64.3 Å². The highest BCUT2D eigenvalue weighted by Gasteiger charge is 2.22. The van der Waals surface area contributed by atoms with E-state index in [2.05, 4.69) is 46.7 Å². The first-order valence-electron chi connectivity index (χ1n) is 15.1. The second-order valence-electron chi connectivity index (χ2n) is 10.9. The number of rotatable bonds is 15. The normalized spacial score (nSPS) is 15.7. The molecule has 1 unspecified atom stereocenters. The number of H-pyrrole nitrogens is 1. The molecule has 9 heteroatoms. The van der Waals surface area contributed by atoms with Crippen LogP contribution in [0.25, 0.3) is 17.0 Å². The van der Waals surface area contributed by atoms with Gasteiger partial charge in [-0.2, -0.15) is 5.10 Å². The summed E-state index contributed by atoms with van der Waals surface area (Å²) in [4.78, 5) is 29.6. The fourth-order valence-corrected chi connectivity index (χ4v) is 5.21. The van der Waals surface area contributed by atoms with Crippen LogP contribution in [0.3, 0.4) is 0 Å². The lowest BCUT2D eigenvalue weighted by atomic mass is 10.0. The molecule has 2 heterocycles. The van der Waals surface area contributed by atoms with Gasteiger partial charge in [-0.15, -0.1) is 0 Å². The van der Waals surface area contributed by atoms with Crippen molar-refractivity contribution in [3.05, 3.63) is 80.5 Å². The lowest BCUT2D eigenvalue weighted by Crippen LogP contribution is -2.28. The predicted octanol–water partition coefficient (Wildman–Crippen LogP) is 4.54. The quantitative estimate of drug-likeness (QED) is 0.269. The van der Waals surface area contributed by atoms with E-state index in [0.717, 1.165) is 73.5 Å². The van der Waals surface area contributed by atoms with Crippen LogP contribution in [0, 0.1) is 0 Å². The summed E-state index contributed by atoms with van der Waals surface area (Å²) in [6.07, 6.45) is 16.9. The number of hydrogen-bond acceptors (Lipinski definition) is 6. The van der Waals surface area contributed by atoms with E-state index in [1.807, 2.05) is 42.8 Å². The van der Waals surface area contributed by atoms with E-state index in [9.17, 15) is 9.59 Å². The molecule has 0 aliphatic heterocycles. The van der Waals surface area contributed by atoms with Gasteiger partial charge in [0.05, 0.1) is 29.7 Å². The number of nitrogens with one attached hydrogen (secondary N) is 3. The minimum Gasteiger partial charge on any atom is -0.381 e. The fourth-order valence-electron chi connectivity index (χ4n) is 5.21. The van der Waals surface area contributed by atoms with Crippen LogP contribution >= 0.6 is 0 Å². The Balaban J connectivity index is 1.51. The Hall–Kier alpha value is -3.53. The second kappa shape index (κ2) is 15.6. The number of carbonyl (C=O) groups is 1. The third-order valence-corrected chi connectivity index (χ3v) is 7.59. The van der Waals surface area contributed by atoms with E-state index >= 15 is 0 Å². The van der Waals surface area contributed by atoms with Crippen molar-refractivity contribution >= 4 is 22.9 Å². The summed E-state index contributed by atoms with van der Waals surface area (Å²) < 4.78 is 13.0. The number of amides is 1. The van der Waals surface area contributed by atoms with E-state index < -0.39 is 0 Å². The summed E-state index contributed by atoms with van der Waals surface area (Å²) in [6, 6.07) is 0.0272. The molecule has 226 valence electrons. The largest absolute Gasteiger partial charge is 0.381 e. The summed E-state index contributed by atoms with van der Waals surface area (Å²) in [5, 5.41) is 11.7. The van der Waals surface area contributed by atoms with Gasteiger partial charge < -0.3 is 25.1 Å². The number of aromatic amines is 1. The molecule has 2 aromatic rings. The lowest BCUT2D eigenvalue weighted by Gasteiger charge is -2.16. The average Bonchev–Trinajstić information content (AvgIpc) is 3.21. The molecule has 0 bridgehead atoms. The van der Waals surface area contributed by atoms with Gasteiger partial charge in [0.25, 0.3) is 11.5 Å². The predicted molar refractivity (Wildman–Crippen MR) is 169 cm³/mol. The lowest BCUT2D eigenvalue weighted by molar-refractivity contribution is -0.117. The Morgan fingerprint density at radius 3 is 2.67 bits per heavy atom. The molecular formula is C33H45N5O4. The maximum absolute atomic E-state index is 13.6. The van der Waals surface area contributed by atoms with E-state index in [0.29, 0.717) is 37.1 Å². The zero-order valence-electron chi connectivity index (χ0n) is 25.4. The fraction of sp³-hybridized carbons (Fsp3) is 0.485. The van der Waals surface area contributed by atoms with Gasteiger partial charge in [0.2, 0.25) is 0 Å². The Labute approximate surface area is 248 Å². The highest BCUT2D eigenvalue weighted by Crippen LogP contribution is 2.29. The van der Waals surface area contributed by atoms with Gasteiger partial charge in [0.1, 0.15) is 0 Å². The van der Waals surface area contributed by atoms with Crippen molar-refractivity contribution in [3.63, 3.8) is 0 Å². The first kappa shape index (κ1) is 31.4. The number of pyridine rings is 1. The Morgan fingerprint density at radius 1 is 1.12 bits per heavy atom. The van der Waals surface area contributed by atoms with Gasteiger partial charge >= 0.3 is 0 Å². The standard InChI is InChI=1S/C33H45N5O4/c1-5-15-42-16-13-24(4)38-31-28-19-27(23(3)11-12-30(28)37-33(40)29(31)22-36-38)32(39)35-21-26-10-8-7-9-25(18-26)20-34-14-17-41-6-2/h7-11,19,22,24,34H,5-6,12-18,20-21H2,1-4H3,(H,35,39)(H,37,40). The van der Waals surface area contributed by atoms with Gasteiger partial charge in [-0.25, -0.2) is 0 Å². The molecule has 0 saturated carbocycles. The van der Waals surface area contributed by atoms with Gasteiger partial charge in [0, 0.05) is 62.7 Å². The highest BCUT2D eigenvalue weighted by molar-refractivity contribution is 6.04. The molecule has 2 aliphatic rings. The molecule has 9 nitrogen and oxygen atoms in total. The van der Waals surface area contributed by atoms with E-state index in [-0.39, 0.29) is 17.5 Å². The molecule has 0 aromatic carbocycles. The van der Waals surface area contributed by atoms with Crippen LogP contribution < -0.4 is 16.2 Å². The van der Waals surface area contributed by atoms with E-state index in [1.54, 1.807) is 6.20 Å². The summed E-state index contributed by atoms with van der Waals surface area (Å²) in [6.45, 7) is 12.9. The van der Waals surface area contributed by atoms with Crippen molar-refractivity contribution in [2.24, 2.45) is 0 Å². The van der Waals surface area contributed by atoms with Crippen LogP contribution in [-0.4, -0.2) is 66.7 Å². The molecule has 0 spiro atoms. The van der Waals surface area contributed by atoms with E-state index in [4.69, 9.17) is 9.47 Å². The maximum Gasteiger partial charge on any atom is 0.259 e. The van der Waals surface area contributed by atoms with Crippen molar-refractivity contribution in [2.75, 3.05) is 46.1 Å². The summed E-state index contributed by atoms with van der Waals surface area (Å²) in [7, 11) is 0. The summed E-state index contributed by atoms with van der Waals surface area (Å²) >= 11 is 0. The van der Waals surface area contributed by atoms with Crippen molar-refractivity contribution in [2.45, 2.75) is 59.4 Å². The van der Waals surface area contributed by atoms with Crippen LogP contribution in [0.4, 0.5) is 0 Å². The molecule has 2 aromatic heterocycles. The number of ether oxygens (including phenoxy) is 2. The average molecular weight is 576 g/mol. The summed E-state index contributed by atoms with van der Waals surface area (Å²) in [5.41, 5.74) is 6.07. The van der Waals surface area contributed by atoms with Crippen LogP contribution in [0.5, 0.6) is 0 Å². The number of fused-ring (bicyclic) bond motifs is 3. The SMILES string of the molecule is CCCOCCC(C)n1ncc2c(=O)[nH]c3c(c21)C=C(C(=O)NCC1=CC=CC=C(CNCCOCC)C1)C(C)=CC3. The third kappa shape index (κ3) is 8.06. The van der Waals surface area contributed by atoms with Gasteiger partial charge in [-0.3, -0.25) is 14.3 Å². The number of nitrogens with zero attached hydrogens (tertiary/aromatic N) is 2. The second-order valence-corrected chi connectivity index (χ2v) is 10.9. The van der Waals surface area contributed by atoms with Crippen molar-refractivity contribution in [3.8, 4) is 0 Å². The van der Waals surface area contributed by atoms with Crippen molar-refractivity contribution in [1.82, 2.24) is 25.4 Å². The van der Waals surface area contributed by atoms with Gasteiger partial charge in [-0.05, 0) is 57.3 Å². The molecule has 0 fully saturated rings. The van der Waals surface area contributed by atoms with Gasteiger partial charge in [0.15, 0.2) is 0 Å². The van der Waals surface area contributed by atoms with Gasteiger partial charge in [-0.1, -0.05) is 42.9 Å².